The minimum absolute atomic E-state index is 0.183. The van der Waals surface area contributed by atoms with Crippen molar-refractivity contribution < 1.29 is 23.9 Å². The van der Waals surface area contributed by atoms with Crippen LogP contribution in [0.15, 0.2) is 48.5 Å². The van der Waals surface area contributed by atoms with Crippen LogP contribution >= 0.6 is 0 Å². The molecule has 2 aromatic carbocycles. The SMILES string of the molecule is CCc1ccc(C(=O)C(C)OC(=O)c2ccc(CN3C(=O)CCC3=O)cc2)cc1. The molecule has 0 aliphatic carbocycles. The summed E-state index contributed by atoms with van der Waals surface area (Å²) in [6.45, 7) is 3.77. The molecule has 3 rings (SSSR count). The van der Waals surface area contributed by atoms with Crippen LogP contribution in [0.25, 0.3) is 0 Å². The number of carbonyl (C=O) groups is 4. The van der Waals surface area contributed by atoms with E-state index in [2.05, 4.69) is 0 Å². The lowest BCUT2D eigenvalue weighted by Crippen LogP contribution is -2.28. The molecular formula is C23H23NO5. The second-order valence-corrected chi connectivity index (χ2v) is 7.03. The molecule has 1 atom stereocenters. The number of benzene rings is 2. The summed E-state index contributed by atoms with van der Waals surface area (Å²) in [4.78, 5) is 49.5. The Kier molecular flexibility index (Phi) is 6.22. The van der Waals surface area contributed by atoms with Gasteiger partial charge in [-0.05, 0) is 36.6 Å². The Morgan fingerprint density at radius 2 is 1.41 bits per heavy atom. The maximum atomic E-state index is 12.5. The van der Waals surface area contributed by atoms with Gasteiger partial charge in [0.25, 0.3) is 0 Å². The van der Waals surface area contributed by atoms with Crippen molar-refractivity contribution in [1.29, 1.82) is 0 Å². The first-order chi connectivity index (χ1) is 13.9. The number of ether oxygens (including phenoxy) is 1. The average molecular weight is 393 g/mol. The Labute approximate surface area is 169 Å². The summed E-state index contributed by atoms with van der Waals surface area (Å²) in [5.74, 6) is -1.23. The van der Waals surface area contributed by atoms with Crippen molar-refractivity contribution in [2.45, 2.75) is 45.8 Å². The number of ketones is 1. The molecule has 1 saturated heterocycles. The highest BCUT2D eigenvalue weighted by Crippen LogP contribution is 2.17. The van der Waals surface area contributed by atoms with Crippen molar-refractivity contribution in [3.8, 4) is 0 Å². The molecule has 0 radical (unpaired) electrons. The Morgan fingerprint density at radius 3 is 1.97 bits per heavy atom. The molecule has 29 heavy (non-hydrogen) atoms. The van der Waals surface area contributed by atoms with E-state index in [1.54, 1.807) is 43.3 Å². The van der Waals surface area contributed by atoms with Gasteiger partial charge in [0.1, 0.15) is 0 Å². The first kappa shape index (κ1) is 20.5. The number of imide groups is 1. The zero-order chi connectivity index (χ0) is 21.0. The largest absolute Gasteiger partial charge is 0.451 e. The molecule has 0 N–H and O–H groups in total. The number of esters is 1. The van der Waals surface area contributed by atoms with Crippen LogP contribution in [0.3, 0.4) is 0 Å². The van der Waals surface area contributed by atoms with Gasteiger partial charge in [-0.1, -0.05) is 43.3 Å². The van der Waals surface area contributed by atoms with E-state index in [4.69, 9.17) is 4.74 Å². The van der Waals surface area contributed by atoms with Crippen molar-refractivity contribution in [1.82, 2.24) is 4.90 Å². The lowest BCUT2D eigenvalue weighted by atomic mass is 10.0. The van der Waals surface area contributed by atoms with Gasteiger partial charge in [0, 0.05) is 18.4 Å². The zero-order valence-electron chi connectivity index (χ0n) is 16.5. The molecule has 0 bridgehead atoms. The van der Waals surface area contributed by atoms with E-state index < -0.39 is 12.1 Å². The quantitative estimate of drug-likeness (QED) is 0.409. The monoisotopic (exact) mass is 393 g/mol. The molecule has 6 nitrogen and oxygen atoms in total. The lowest BCUT2D eigenvalue weighted by molar-refractivity contribution is -0.139. The summed E-state index contributed by atoms with van der Waals surface area (Å²) in [7, 11) is 0. The minimum atomic E-state index is -0.908. The van der Waals surface area contributed by atoms with Gasteiger partial charge in [-0.2, -0.15) is 0 Å². The third kappa shape index (κ3) is 4.77. The fourth-order valence-electron chi connectivity index (χ4n) is 3.15. The summed E-state index contributed by atoms with van der Waals surface area (Å²) in [5.41, 5.74) is 2.67. The van der Waals surface area contributed by atoms with Gasteiger partial charge >= 0.3 is 5.97 Å². The molecule has 1 heterocycles. The predicted molar refractivity (Wildman–Crippen MR) is 106 cm³/mol. The molecule has 2 amide bonds. The number of nitrogens with zero attached hydrogens (tertiary/aromatic N) is 1. The molecule has 6 heteroatoms. The number of amides is 2. The Bertz CT molecular complexity index is 915. The third-order valence-electron chi connectivity index (χ3n) is 4.98. The van der Waals surface area contributed by atoms with Crippen LogP contribution in [0.1, 0.15) is 58.5 Å². The van der Waals surface area contributed by atoms with Crippen LogP contribution in [0.2, 0.25) is 0 Å². The third-order valence-corrected chi connectivity index (χ3v) is 4.98. The second kappa shape index (κ2) is 8.82. The van der Waals surface area contributed by atoms with Gasteiger partial charge < -0.3 is 4.74 Å². The van der Waals surface area contributed by atoms with Gasteiger partial charge in [-0.3, -0.25) is 19.3 Å². The molecule has 0 spiro atoms. The number of Topliss-reactive ketones (excluding diaryl/α,β-unsaturated/α-hetero) is 1. The standard InChI is InChI=1S/C23H23NO5/c1-3-16-4-8-18(9-5-16)22(27)15(2)29-23(28)19-10-6-17(7-11-19)14-24-20(25)12-13-21(24)26/h4-11,15H,3,12-14H2,1-2H3. The minimum Gasteiger partial charge on any atom is -0.451 e. The summed E-state index contributed by atoms with van der Waals surface area (Å²) >= 11 is 0. The van der Waals surface area contributed by atoms with Crippen molar-refractivity contribution >= 4 is 23.6 Å². The second-order valence-electron chi connectivity index (χ2n) is 7.03. The van der Waals surface area contributed by atoms with Gasteiger partial charge in [0.05, 0.1) is 12.1 Å². The Balaban J connectivity index is 1.60. The lowest BCUT2D eigenvalue weighted by Gasteiger charge is -2.15. The average Bonchev–Trinajstić information content (AvgIpc) is 3.05. The molecule has 150 valence electrons. The van der Waals surface area contributed by atoms with Crippen LogP contribution in [0.4, 0.5) is 0 Å². The van der Waals surface area contributed by atoms with E-state index in [-0.39, 0.29) is 37.0 Å². The number of aryl methyl sites for hydroxylation is 1. The molecule has 1 fully saturated rings. The maximum absolute atomic E-state index is 12.5. The summed E-state index contributed by atoms with van der Waals surface area (Å²) in [6.07, 6.45) is 0.469. The Hall–Kier alpha value is -3.28. The van der Waals surface area contributed by atoms with Gasteiger partial charge in [0.15, 0.2) is 6.10 Å². The fourth-order valence-corrected chi connectivity index (χ4v) is 3.15. The highest BCUT2D eigenvalue weighted by Gasteiger charge is 2.28. The topological polar surface area (TPSA) is 80.8 Å². The summed E-state index contributed by atoms with van der Waals surface area (Å²) in [6, 6.07) is 13.7. The normalized spacial score (nSPS) is 14.8. The predicted octanol–water partition coefficient (Wildman–Crippen LogP) is 3.33. The van der Waals surface area contributed by atoms with E-state index in [9.17, 15) is 19.2 Å². The van der Waals surface area contributed by atoms with Gasteiger partial charge in [-0.15, -0.1) is 0 Å². The van der Waals surface area contributed by atoms with E-state index in [0.717, 1.165) is 17.5 Å². The fraction of sp³-hybridized carbons (Fsp3) is 0.304. The number of likely N-dealkylation sites (tertiary alicyclic amines) is 1. The van der Waals surface area contributed by atoms with Gasteiger partial charge in [-0.25, -0.2) is 4.79 Å². The van der Waals surface area contributed by atoms with Crippen LogP contribution < -0.4 is 0 Å². The molecule has 1 aliphatic rings. The Morgan fingerprint density at radius 1 is 0.897 bits per heavy atom. The van der Waals surface area contributed by atoms with Crippen LogP contribution in [0, 0.1) is 0 Å². The molecule has 1 aliphatic heterocycles. The van der Waals surface area contributed by atoms with Crippen LogP contribution in [-0.2, 0) is 27.3 Å². The maximum Gasteiger partial charge on any atom is 0.338 e. The van der Waals surface area contributed by atoms with Crippen molar-refractivity contribution in [2.24, 2.45) is 0 Å². The molecule has 0 saturated carbocycles. The van der Waals surface area contributed by atoms with E-state index in [0.29, 0.717) is 11.1 Å². The first-order valence-electron chi connectivity index (χ1n) is 9.65. The number of hydrogen-bond donors (Lipinski definition) is 0. The highest BCUT2D eigenvalue weighted by atomic mass is 16.5. The zero-order valence-corrected chi connectivity index (χ0v) is 16.5. The smallest absolute Gasteiger partial charge is 0.338 e. The van der Waals surface area contributed by atoms with E-state index >= 15 is 0 Å². The van der Waals surface area contributed by atoms with Crippen molar-refractivity contribution in [3.05, 3.63) is 70.8 Å². The first-order valence-corrected chi connectivity index (χ1v) is 9.65. The van der Waals surface area contributed by atoms with Gasteiger partial charge in [0.2, 0.25) is 17.6 Å². The molecule has 1 unspecified atom stereocenters. The summed E-state index contributed by atoms with van der Waals surface area (Å²) < 4.78 is 5.31. The molecule has 0 aromatic heterocycles. The molecular weight excluding hydrogens is 370 g/mol. The molecule has 2 aromatic rings. The number of carbonyl (C=O) groups excluding carboxylic acids is 4. The summed E-state index contributed by atoms with van der Waals surface area (Å²) in [5, 5.41) is 0. The van der Waals surface area contributed by atoms with E-state index in [1.165, 1.54) is 4.90 Å². The van der Waals surface area contributed by atoms with E-state index in [1.807, 2.05) is 19.1 Å². The van der Waals surface area contributed by atoms with Crippen LogP contribution in [-0.4, -0.2) is 34.6 Å². The number of hydrogen-bond acceptors (Lipinski definition) is 5. The highest BCUT2D eigenvalue weighted by molar-refractivity contribution is 6.02. The van der Waals surface area contributed by atoms with Crippen molar-refractivity contribution in [3.63, 3.8) is 0 Å². The van der Waals surface area contributed by atoms with Crippen LogP contribution in [0.5, 0.6) is 0 Å². The number of rotatable bonds is 7. The van der Waals surface area contributed by atoms with Crippen molar-refractivity contribution in [2.75, 3.05) is 0 Å².